The molecule has 0 fully saturated rings. The molecule has 0 aliphatic carbocycles. The Morgan fingerprint density at radius 3 is 3.27 bits per heavy atom. The normalized spacial score (nSPS) is 19.4. The molecule has 0 aromatic carbocycles. The molecule has 1 aromatic heterocycles. The van der Waals surface area contributed by atoms with Crippen molar-refractivity contribution in [3.05, 3.63) is 30.2 Å². The number of hydrogen-bond donors (Lipinski definition) is 1. The molecule has 80 valence electrons. The van der Waals surface area contributed by atoms with Crippen molar-refractivity contribution in [1.29, 1.82) is 0 Å². The highest BCUT2D eigenvalue weighted by atomic mass is 16.5. The summed E-state index contributed by atoms with van der Waals surface area (Å²) < 4.78 is 4.70. The van der Waals surface area contributed by atoms with E-state index in [9.17, 15) is 4.79 Å². The van der Waals surface area contributed by atoms with Gasteiger partial charge in [-0.2, -0.15) is 0 Å². The SMILES string of the molecule is CN(Cc1ccon1)C(=O)[C@H]1C=CCN1. The number of likely N-dealkylation sites (N-methyl/N-ethyl adjacent to an activating group) is 1. The maximum atomic E-state index is 11.8. The van der Waals surface area contributed by atoms with Crippen LogP contribution >= 0.6 is 0 Å². The van der Waals surface area contributed by atoms with E-state index in [1.165, 1.54) is 6.26 Å². The average Bonchev–Trinajstić information content (AvgIpc) is 2.88. The van der Waals surface area contributed by atoms with Gasteiger partial charge in [-0.1, -0.05) is 17.3 Å². The zero-order chi connectivity index (χ0) is 10.7. The first kappa shape index (κ1) is 9.92. The first-order chi connectivity index (χ1) is 7.27. The fourth-order valence-corrected chi connectivity index (χ4v) is 1.51. The summed E-state index contributed by atoms with van der Waals surface area (Å²) in [7, 11) is 1.75. The average molecular weight is 207 g/mol. The van der Waals surface area contributed by atoms with Crippen LogP contribution in [0.4, 0.5) is 0 Å². The van der Waals surface area contributed by atoms with Gasteiger partial charge in [0.2, 0.25) is 5.91 Å². The van der Waals surface area contributed by atoms with Crippen LogP contribution < -0.4 is 5.32 Å². The van der Waals surface area contributed by atoms with Gasteiger partial charge in [0, 0.05) is 19.7 Å². The Hall–Kier alpha value is -1.62. The van der Waals surface area contributed by atoms with Crippen molar-refractivity contribution in [2.45, 2.75) is 12.6 Å². The van der Waals surface area contributed by atoms with E-state index < -0.39 is 0 Å². The molecular weight excluding hydrogens is 194 g/mol. The number of carbonyl (C=O) groups is 1. The summed E-state index contributed by atoms with van der Waals surface area (Å²) in [5.74, 6) is 0.0479. The second-order valence-corrected chi connectivity index (χ2v) is 3.50. The molecule has 1 amide bonds. The van der Waals surface area contributed by atoms with Crippen LogP contribution in [0.2, 0.25) is 0 Å². The third kappa shape index (κ3) is 2.24. The summed E-state index contributed by atoms with van der Waals surface area (Å²) in [4.78, 5) is 13.5. The summed E-state index contributed by atoms with van der Waals surface area (Å²) in [6, 6.07) is 1.56. The second-order valence-electron chi connectivity index (χ2n) is 3.50. The number of rotatable bonds is 3. The summed E-state index contributed by atoms with van der Waals surface area (Å²) in [5.41, 5.74) is 0.757. The monoisotopic (exact) mass is 207 g/mol. The van der Waals surface area contributed by atoms with Gasteiger partial charge in [0.1, 0.15) is 18.0 Å². The van der Waals surface area contributed by atoms with E-state index in [2.05, 4.69) is 10.5 Å². The summed E-state index contributed by atoms with van der Waals surface area (Å²) in [6.07, 6.45) is 5.33. The van der Waals surface area contributed by atoms with Gasteiger partial charge in [0.25, 0.3) is 0 Å². The molecule has 2 heterocycles. The minimum atomic E-state index is -0.193. The zero-order valence-corrected chi connectivity index (χ0v) is 8.51. The van der Waals surface area contributed by atoms with Crippen molar-refractivity contribution in [2.75, 3.05) is 13.6 Å². The van der Waals surface area contributed by atoms with Crippen molar-refractivity contribution in [3.63, 3.8) is 0 Å². The maximum absolute atomic E-state index is 11.8. The van der Waals surface area contributed by atoms with Gasteiger partial charge >= 0.3 is 0 Å². The van der Waals surface area contributed by atoms with Gasteiger partial charge in [0.15, 0.2) is 0 Å². The number of amides is 1. The summed E-state index contributed by atoms with van der Waals surface area (Å²) in [6.45, 7) is 1.23. The molecule has 1 aromatic rings. The Morgan fingerprint density at radius 1 is 1.80 bits per heavy atom. The molecule has 0 saturated heterocycles. The molecule has 0 radical (unpaired) electrons. The Kier molecular flexibility index (Phi) is 2.82. The van der Waals surface area contributed by atoms with Crippen LogP contribution in [0.1, 0.15) is 5.69 Å². The molecular formula is C10H13N3O2. The van der Waals surface area contributed by atoms with Crippen LogP contribution in [0.5, 0.6) is 0 Å². The Labute approximate surface area is 87.7 Å². The van der Waals surface area contributed by atoms with Gasteiger partial charge in [0.05, 0.1) is 6.54 Å². The molecule has 0 spiro atoms. The Bertz CT molecular complexity index is 359. The fraction of sp³-hybridized carbons (Fsp3) is 0.400. The maximum Gasteiger partial charge on any atom is 0.243 e. The van der Waals surface area contributed by atoms with Gasteiger partial charge < -0.3 is 9.42 Å². The quantitative estimate of drug-likeness (QED) is 0.717. The molecule has 1 N–H and O–H groups in total. The lowest BCUT2D eigenvalue weighted by atomic mass is 10.2. The van der Waals surface area contributed by atoms with Crippen molar-refractivity contribution >= 4 is 5.91 Å². The fourth-order valence-electron chi connectivity index (χ4n) is 1.51. The van der Waals surface area contributed by atoms with E-state index in [1.54, 1.807) is 18.0 Å². The van der Waals surface area contributed by atoms with Crippen LogP contribution in [-0.4, -0.2) is 35.6 Å². The number of aromatic nitrogens is 1. The van der Waals surface area contributed by atoms with E-state index in [4.69, 9.17) is 4.52 Å². The predicted octanol–water partition coefficient (Wildman–Crippen LogP) is 0.161. The topological polar surface area (TPSA) is 58.4 Å². The highest BCUT2D eigenvalue weighted by Gasteiger charge is 2.21. The van der Waals surface area contributed by atoms with Gasteiger partial charge in [-0.05, 0) is 0 Å². The molecule has 1 aliphatic heterocycles. The van der Waals surface area contributed by atoms with Crippen molar-refractivity contribution in [1.82, 2.24) is 15.4 Å². The minimum Gasteiger partial charge on any atom is -0.364 e. The smallest absolute Gasteiger partial charge is 0.243 e. The molecule has 0 unspecified atom stereocenters. The Morgan fingerprint density at radius 2 is 2.67 bits per heavy atom. The van der Waals surface area contributed by atoms with Gasteiger partial charge in [-0.25, -0.2) is 0 Å². The number of hydrogen-bond acceptors (Lipinski definition) is 4. The third-order valence-electron chi connectivity index (χ3n) is 2.32. The van der Waals surface area contributed by atoms with E-state index >= 15 is 0 Å². The molecule has 1 atom stereocenters. The lowest BCUT2D eigenvalue weighted by Gasteiger charge is -2.19. The van der Waals surface area contributed by atoms with Crippen LogP contribution in [-0.2, 0) is 11.3 Å². The van der Waals surface area contributed by atoms with Gasteiger partial charge in [-0.15, -0.1) is 0 Å². The third-order valence-corrected chi connectivity index (χ3v) is 2.32. The Balaban J connectivity index is 1.93. The predicted molar refractivity (Wildman–Crippen MR) is 53.9 cm³/mol. The second kappa shape index (κ2) is 4.27. The lowest BCUT2D eigenvalue weighted by molar-refractivity contribution is -0.131. The molecule has 0 saturated carbocycles. The van der Waals surface area contributed by atoms with E-state index in [0.29, 0.717) is 6.54 Å². The number of nitrogens with zero attached hydrogens (tertiary/aromatic N) is 2. The highest BCUT2D eigenvalue weighted by Crippen LogP contribution is 2.04. The molecule has 0 bridgehead atoms. The van der Waals surface area contributed by atoms with Crippen molar-refractivity contribution in [3.8, 4) is 0 Å². The highest BCUT2D eigenvalue weighted by molar-refractivity contribution is 5.84. The van der Waals surface area contributed by atoms with Crippen molar-refractivity contribution in [2.24, 2.45) is 0 Å². The van der Waals surface area contributed by atoms with Crippen molar-refractivity contribution < 1.29 is 9.32 Å². The first-order valence-corrected chi connectivity index (χ1v) is 4.81. The van der Waals surface area contributed by atoms with Crippen LogP contribution in [0.15, 0.2) is 29.0 Å². The molecule has 1 aliphatic rings. The lowest BCUT2D eigenvalue weighted by Crippen LogP contribution is -2.41. The summed E-state index contributed by atoms with van der Waals surface area (Å²) >= 11 is 0. The van der Waals surface area contributed by atoms with Crippen LogP contribution in [0, 0.1) is 0 Å². The van der Waals surface area contributed by atoms with E-state index in [1.807, 2.05) is 12.2 Å². The molecule has 15 heavy (non-hydrogen) atoms. The molecule has 5 heteroatoms. The first-order valence-electron chi connectivity index (χ1n) is 4.81. The molecule has 5 nitrogen and oxygen atoms in total. The molecule has 2 rings (SSSR count). The van der Waals surface area contributed by atoms with Gasteiger partial charge in [-0.3, -0.25) is 10.1 Å². The number of carbonyl (C=O) groups excluding carboxylic acids is 1. The van der Waals surface area contributed by atoms with Crippen LogP contribution in [0.25, 0.3) is 0 Å². The minimum absolute atomic E-state index is 0.0479. The number of nitrogens with one attached hydrogen (secondary N) is 1. The summed E-state index contributed by atoms with van der Waals surface area (Å²) in [5, 5.41) is 6.83. The van der Waals surface area contributed by atoms with Crippen LogP contribution in [0.3, 0.4) is 0 Å². The van der Waals surface area contributed by atoms with E-state index in [-0.39, 0.29) is 11.9 Å². The van der Waals surface area contributed by atoms with E-state index in [0.717, 1.165) is 12.2 Å². The standard InChI is InChI=1S/C10H13N3O2/c1-13(7-8-4-6-15-12-8)10(14)9-3-2-5-11-9/h2-4,6,9,11H,5,7H2,1H3/t9-/m1/s1. The largest absolute Gasteiger partial charge is 0.364 e. The zero-order valence-electron chi connectivity index (χ0n) is 8.51.